The molecular formula is C15H27N3O. The Bertz CT molecular complexity index is 315. The van der Waals surface area contributed by atoms with E-state index >= 15 is 0 Å². The molecule has 4 heteroatoms. The summed E-state index contributed by atoms with van der Waals surface area (Å²) < 4.78 is 0. The van der Waals surface area contributed by atoms with Gasteiger partial charge in [0.2, 0.25) is 5.91 Å². The minimum atomic E-state index is 0.145. The van der Waals surface area contributed by atoms with Gasteiger partial charge in [-0.25, -0.2) is 0 Å². The summed E-state index contributed by atoms with van der Waals surface area (Å²) in [7, 11) is 0. The van der Waals surface area contributed by atoms with Gasteiger partial charge in [0.1, 0.15) is 0 Å². The molecule has 3 heterocycles. The van der Waals surface area contributed by atoms with Crippen LogP contribution in [0.2, 0.25) is 0 Å². The fraction of sp³-hybridized carbons (Fsp3) is 0.933. The van der Waals surface area contributed by atoms with Gasteiger partial charge < -0.3 is 10.6 Å². The predicted molar refractivity (Wildman–Crippen MR) is 76.0 cm³/mol. The van der Waals surface area contributed by atoms with Crippen molar-refractivity contribution in [2.24, 2.45) is 5.92 Å². The summed E-state index contributed by atoms with van der Waals surface area (Å²) in [5.41, 5.74) is 0. The maximum absolute atomic E-state index is 12.2. The zero-order chi connectivity index (χ0) is 13.1. The van der Waals surface area contributed by atoms with Gasteiger partial charge in [0.25, 0.3) is 0 Å². The van der Waals surface area contributed by atoms with Gasteiger partial charge in [-0.3, -0.25) is 9.69 Å². The number of hydrogen-bond acceptors (Lipinski definition) is 3. The molecule has 3 saturated heterocycles. The number of carbonyl (C=O) groups is 1. The standard InChI is InChI=1S/C15H27N3O/c19-15-14(7-1-2-8-17-15)18-10-4-5-12(11-18)13-6-3-9-16-13/h12-14,16H,1-11H2,(H,17,19). The highest BCUT2D eigenvalue weighted by atomic mass is 16.2. The third-order valence-electron chi connectivity index (χ3n) is 5.10. The topological polar surface area (TPSA) is 44.4 Å². The Morgan fingerprint density at radius 2 is 1.95 bits per heavy atom. The van der Waals surface area contributed by atoms with E-state index in [0.717, 1.165) is 38.4 Å². The zero-order valence-electron chi connectivity index (χ0n) is 11.9. The number of nitrogens with zero attached hydrogens (tertiary/aromatic N) is 1. The lowest BCUT2D eigenvalue weighted by molar-refractivity contribution is -0.127. The quantitative estimate of drug-likeness (QED) is 0.786. The van der Waals surface area contributed by atoms with E-state index < -0.39 is 0 Å². The van der Waals surface area contributed by atoms with Crippen molar-refractivity contribution in [3.05, 3.63) is 0 Å². The molecule has 3 fully saturated rings. The normalized spacial score (nSPS) is 37.9. The van der Waals surface area contributed by atoms with Crippen molar-refractivity contribution in [1.82, 2.24) is 15.5 Å². The first-order chi connectivity index (χ1) is 9.34. The maximum Gasteiger partial charge on any atom is 0.237 e. The van der Waals surface area contributed by atoms with Crippen LogP contribution in [0.5, 0.6) is 0 Å². The van der Waals surface area contributed by atoms with E-state index in [1.54, 1.807) is 0 Å². The first kappa shape index (κ1) is 13.4. The molecule has 0 radical (unpaired) electrons. The fourth-order valence-corrected chi connectivity index (χ4v) is 4.04. The number of hydrogen-bond donors (Lipinski definition) is 2. The van der Waals surface area contributed by atoms with Crippen molar-refractivity contribution >= 4 is 5.91 Å². The minimum absolute atomic E-state index is 0.145. The van der Waals surface area contributed by atoms with Crippen LogP contribution in [0.25, 0.3) is 0 Å². The lowest BCUT2D eigenvalue weighted by Gasteiger charge is -2.39. The van der Waals surface area contributed by atoms with Gasteiger partial charge in [0, 0.05) is 19.1 Å². The molecule has 0 saturated carbocycles. The molecule has 1 amide bonds. The van der Waals surface area contributed by atoms with Gasteiger partial charge in [-0.1, -0.05) is 0 Å². The fourth-order valence-electron chi connectivity index (χ4n) is 4.04. The van der Waals surface area contributed by atoms with E-state index in [1.165, 1.54) is 38.6 Å². The lowest BCUT2D eigenvalue weighted by atomic mass is 9.88. The minimum Gasteiger partial charge on any atom is -0.355 e. The molecule has 0 aromatic rings. The molecule has 0 aromatic carbocycles. The van der Waals surface area contributed by atoms with Crippen molar-refractivity contribution in [2.45, 2.75) is 57.0 Å². The smallest absolute Gasteiger partial charge is 0.237 e. The van der Waals surface area contributed by atoms with E-state index in [0.29, 0.717) is 6.04 Å². The third-order valence-corrected chi connectivity index (χ3v) is 5.10. The zero-order valence-corrected chi connectivity index (χ0v) is 11.9. The van der Waals surface area contributed by atoms with Crippen molar-refractivity contribution in [3.63, 3.8) is 0 Å². The van der Waals surface area contributed by atoms with Crippen LogP contribution in [0, 0.1) is 5.92 Å². The summed E-state index contributed by atoms with van der Waals surface area (Å²) in [6, 6.07) is 0.850. The second-order valence-corrected chi connectivity index (χ2v) is 6.40. The molecule has 3 rings (SSSR count). The molecule has 108 valence electrons. The van der Waals surface area contributed by atoms with E-state index in [-0.39, 0.29) is 11.9 Å². The Kier molecular flexibility index (Phi) is 4.38. The van der Waals surface area contributed by atoms with Crippen molar-refractivity contribution in [3.8, 4) is 0 Å². The van der Waals surface area contributed by atoms with Crippen molar-refractivity contribution in [2.75, 3.05) is 26.2 Å². The van der Waals surface area contributed by atoms with Crippen molar-refractivity contribution < 1.29 is 4.79 Å². The van der Waals surface area contributed by atoms with Crippen LogP contribution in [0.3, 0.4) is 0 Å². The lowest BCUT2D eigenvalue weighted by Crippen LogP contribution is -2.52. The molecule has 0 aliphatic carbocycles. The molecule has 0 aromatic heterocycles. The molecule has 3 unspecified atom stereocenters. The Labute approximate surface area is 116 Å². The van der Waals surface area contributed by atoms with E-state index in [4.69, 9.17) is 0 Å². The summed E-state index contributed by atoms with van der Waals surface area (Å²) in [6.45, 7) is 4.29. The van der Waals surface area contributed by atoms with Gasteiger partial charge in [0.05, 0.1) is 6.04 Å². The van der Waals surface area contributed by atoms with Crippen LogP contribution in [-0.4, -0.2) is 49.1 Å². The second-order valence-electron chi connectivity index (χ2n) is 6.40. The average molecular weight is 265 g/mol. The SMILES string of the molecule is O=C1NCCCCC1N1CCCC(C2CCCN2)C1. The van der Waals surface area contributed by atoms with Gasteiger partial charge in [-0.15, -0.1) is 0 Å². The third kappa shape index (κ3) is 3.11. The number of amides is 1. The number of rotatable bonds is 2. The Morgan fingerprint density at radius 1 is 1.00 bits per heavy atom. The van der Waals surface area contributed by atoms with E-state index in [2.05, 4.69) is 15.5 Å². The van der Waals surface area contributed by atoms with Gasteiger partial charge in [0.15, 0.2) is 0 Å². The van der Waals surface area contributed by atoms with Crippen LogP contribution in [0.1, 0.15) is 44.9 Å². The van der Waals surface area contributed by atoms with E-state index in [1.807, 2.05) is 0 Å². The monoisotopic (exact) mass is 265 g/mol. The van der Waals surface area contributed by atoms with E-state index in [9.17, 15) is 4.79 Å². The number of piperidine rings is 1. The van der Waals surface area contributed by atoms with Crippen LogP contribution in [-0.2, 0) is 4.79 Å². The molecule has 0 bridgehead atoms. The number of carbonyl (C=O) groups excluding carboxylic acids is 1. The summed E-state index contributed by atoms with van der Waals surface area (Å²) in [4.78, 5) is 14.6. The van der Waals surface area contributed by atoms with Crippen LogP contribution in [0.4, 0.5) is 0 Å². The molecular weight excluding hydrogens is 238 g/mol. The molecule has 2 N–H and O–H groups in total. The highest BCUT2D eigenvalue weighted by Gasteiger charge is 2.34. The summed E-state index contributed by atoms with van der Waals surface area (Å²) in [5.74, 6) is 1.03. The molecule has 0 spiro atoms. The van der Waals surface area contributed by atoms with Crippen molar-refractivity contribution in [1.29, 1.82) is 0 Å². The van der Waals surface area contributed by atoms with Crippen LogP contribution < -0.4 is 10.6 Å². The van der Waals surface area contributed by atoms with Crippen LogP contribution >= 0.6 is 0 Å². The number of nitrogens with one attached hydrogen (secondary N) is 2. The molecule has 3 aliphatic rings. The largest absolute Gasteiger partial charge is 0.355 e. The highest BCUT2D eigenvalue weighted by molar-refractivity contribution is 5.81. The first-order valence-electron chi connectivity index (χ1n) is 8.10. The molecule has 3 aliphatic heterocycles. The summed E-state index contributed by atoms with van der Waals surface area (Å²) >= 11 is 0. The molecule has 19 heavy (non-hydrogen) atoms. The molecule has 4 nitrogen and oxygen atoms in total. The van der Waals surface area contributed by atoms with Gasteiger partial charge in [-0.05, 0) is 64.0 Å². The number of likely N-dealkylation sites (tertiary alicyclic amines) is 1. The summed E-state index contributed by atoms with van der Waals surface area (Å²) in [6.07, 6.45) is 8.63. The first-order valence-corrected chi connectivity index (χ1v) is 8.10. The predicted octanol–water partition coefficient (Wildman–Crippen LogP) is 1.12. The van der Waals surface area contributed by atoms with Gasteiger partial charge >= 0.3 is 0 Å². The van der Waals surface area contributed by atoms with Gasteiger partial charge in [-0.2, -0.15) is 0 Å². The maximum atomic E-state index is 12.2. The Hall–Kier alpha value is -0.610. The Morgan fingerprint density at radius 3 is 2.79 bits per heavy atom. The summed E-state index contributed by atoms with van der Waals surface area (Å²) in [5, 5.41) is 6.73. The molecule has 3 atom stereocenters. The average Bonchev–Trinajstić information content (AvgIpc) is 2.89. The highest BCUT2D eigenvalue weighted by Crippen LogP contribution is 2.27. The second kappa shape index (κ2) is 6.23. The van der Waals surface area contributed by atoms with Crippen LogP contribution in [0.15, 0.2) is 0 Å². The Balaban J connectivity index is 1.61.